The predicted molar refractivity (Wildman–Crippen MR) is 63.2 cm³/mol. The quantitative estimate of drug-likeness (QED) is 0.603. The van der Waals surface area contributed by atoms with Gasteiger partial charge in [0.1, 0.15) is 0 Å². The van der Waals surface area contributed by atoms with Crippen molar-refractivity contribution in [2.24, 2.45) is 0 Å². The molecule has 14 heavy (non-hydrogen) atoms. The number of aryl methyl sites for hydroxylation is 3. The fourth-order valence-electron chi connectivity index (χ4n) is 2.37. The van der Waals surface area contributed by atoms with E-state index in [1.165, 1.54) is 41.3 Å². The fourth-order valence-corrected chi connectivity index (χ4v) is 3.76. The van der Waals surface area contributed by atoms with Crippen LogP contribution in [0.4, 0.5) is 0 Å². The topological polar surface area (TPSA) is 0 Å². The van der Waals surface area contributed by atoms with Crippen LogP contribution in [0.1, 0.15) is 28.8 Å². The molecule has 0 atom stereocenters. The highest BCUT2D eigenvalue weighted by molar-refractivity contribution is 7.19. The second-order valence-electron chi connectivity index (χ2n) is 4.21. The first-order valence-corrected chi connectivity index (χ1v) is 6.17. The van der Waals surface area contributed by atoms with E-state index in [9.17, 15) is 0 Å². The zero-order valence-electron chi connectivity index (χ0n) is 8.47. The molecule has 1 aromatic heterocycles. The van der Waals surface area contributed by atoms with Crippen LogP contribution < -0.4 is 0 Å². The molecule has 0 N–H and O–H groups in total. The van der Waals surface area contributed by atoms with Crippen LogP contribution in [0.2, 0.25) is 0 Å². The van der Waals surface area contributed by atoms with Gasteiger partial charge < -0.3 is 0 Å². The summed E-state index contributed by atoms with van der Waals surface area (Å²) < 4.78 is 1.50. The van der Waals surface area contributed by atoms with Crippen LogP contribution in [-0.2, 0) is 12.8 Å². The third-order valence-electron chi connectivity index (χ3n) is 3.11. The van der Waals surface area contributed by atoms with Crippen LogP contribution in [0, 0.1) is 6.92 Å². The average Bonchev–Trinajstić information content (AvgIpc) is 2.54. The molecule has 0 fully saturated rings. The van der Waals surface area contributed by atoms with Gasteiger partial charge in [0, 0.05) is 9.58 Å². The van der Waals surface area contributed by atoms with Crippen LogP contribution in [0.3, 0.4) is 0 Å². The van der Waals surface area contributed by atoms with Crippen LogP contribution in [0.25, 0.3) is 10.1 Å². The molecule has 2 aromatic rings. The Labute approximate surface area is 88.6 Å². The Morgan fingerprint density at radius 2 is 2.00 bits per heavy atom. The van der Waals surface area contributed by atoms with Crippen LogP contribution in [0.5, 0.6) is 0 Å². The predicted octanol–water partition coefficient (Wildman–Crippen LogP) is 4.09. The minimum Gasteiger partial charge on any atom is -0.140 e. The summed E-state index contributed by atoms with van der Waals surface area (Å²) >= 11 is 2.01. The molecule has 3 rings (SSSR count). The summed E-state index contributed by atoms with van der Waals surface area (Å²) in [4.78, 5) is 1.65. The smallest absolute Gasteiger partial charge is 0.0351 e. The van der Waals surface area contributed by atoms with Gasteiger partial charge in [0.2, 0.25) is 0 Å². The van der Waals surface area contributed by atoms with Crippen molar-refractivity contribution in [3.8, 4) is 0 Å². The lowest BCUT2D eigenvalue weighted by molar-refractivity contribution is 0.700. The molecule has 0 saturated heterocycles. The van der Waals surface area contributed by atoms with Gasteiger partial charge in [-0.05, 0) is 55.2 Å². The first-order chi connectivity index (χ1) is 6.84. The molecule has 1 heterocycles. The second-order valence-corrected chi connectivity index (χ2v) is 5.35. The summed E-state index contributed by atoms with van der Waals surface area (Å²) in [5.41, 5.74) is 3.03. The highest BCUT2D eigenvalue weighted by Crippen LogP contribution is 2.36. The van der Waals surface area contributed by atoms with Crippen molar-refractivity contribution in [2.45, 2.75) is 32.6 Å². The van der Waals surface area contributed by atoms with Crippen molar-refractivity contribution < 1.29 is 0 Å². The lowest BCUT2D eigenvalue weighted by Gasteiger charge is -2.10. The molecular formula is C13H14S. The molecule has 1 aliphatic carbocycles. The van der Waals surface area contributed by atoms with E-state index in [4.69, 9.17) is 0 Å². The summed E-state index contributed by atoms with van der Waals surface area (Å²) in [6, 6.07) is 6.88. The Kier molecular flexibility index (Phi) is 1.88. The monoisotopic (exact) mass is 202 g/mol. The van der Waals surface area contributed by atoms with Gasteiger partial charge in [0.15, 0.2) is 0 Å². The van der Waals surface area contributed by atoms with Crippen molar-refractivity contribution in [3.63, 3.8) is 0 Å². The molecule has 0 bridgehead atoms. The summed E-state index contributed by atoms with van der Waals surface area (Å²) in [6.07, 6.45) is 5.39. The van der Waals surface area contributed by atoms with Gasteiger partial charge in [-0.25, -0.2) is 0 Å². The zero-order valence-corrected chi connectivity index (χ0v) is 9.29. The van der Waals surface area contributed by atoms with Gasteiger partial charge in [-0.2, -0.15) is 0 Å². The summed E-state index contributed by atoms with van der Waals surface area (Å²) in [5, 5.41) is 1.52. The van der Waals surface area contributed by atoms with E-state index in [2.05, 4.69) is 25.1 Å². The minimum absolute atomic E-state index is 1.30. The number of thiophene rings is 1. The minimum atomic E-state index is 1.30. The number of benzene rings is 1. The standard InChI is InChI=1S/C13H14S/c1-9-6-7-11-10-4-2-3-5-12(10)14-13(11)8-9/h6-8H,2-5H2,1H3. The van der Waals surface area contributed by atoms with Gasteiger partial charge in [0.05, 0.1) is 0 Å². The Morgan fingerprint density at radius 3 is 2.93 bits per heavy atom. The Balaban J connectivity index is 2.31. The third-order valence-corrected chi connectivity index (χ3v) is 4.37. The summed E-state index contributed by atoms with van der Waals surface area (Å²) in [5.74, 6) is 0. The molecule has 0 saturated carbocycles. The molecule has 0 nitrogen and oxygen atoms in total. The molecule has 0 unspecified atom stereocenters. The molecule has 0 aliphatic heterocycles. The van der Waals surface area contributed by atoms with E-state index in [1.807, 2.05) is 11.3 Å². The van der Waals surface area contributed by atoms with Crippen molar-refractivity contribution in [1.82, 2.24) is 0 Å². The van der Waals surface area contributed by atoms with Crippen LogP contribution in [-0.4, -0.2) is 0 Å². The van der Waals surface area contributed by atoms with Gasteiger partial charge in [0.25, 0.3) is 0 Å². The lowest BCUT2D eigenvalue weighted by Crippen LogP contribution is -1.97. The molecule has 1 aliphatic rings. The van der Waals surface area contributed by atoms with E-state index in [0.29, 0.717) is 0 Å². The van der Waals surface area contributed by atoms with E-state index in [0.717, 1.165) is 0 Å². The third kappa shape index (κ3) is 1.19. The van der Waals surface area contributed by atoms with E-state index < -0.39 is 0 Å². The van der Waals surface area contributed by atoms with E-state index in [1.54, 1.807) is 10.4 Å². The second kappa shape index (κ2) is 3.09. The number of hydrogen-bond donors (Lipinski definition) is 0. The van der Waals surface area contributed by atoms with Crippen molar-refractivity contribution in [3.05, 3.63) is 34.2 Å². The zero-order chi connectivity index (χ0) is 9.54. The molecule has 1 heteroatoms. The molecule has 72 valence electrons. The average molecular weight is 202 g/mol. The molecule has 0 amide bonds. The highest BCUT2D eigenvalue weighted by atomic mass is 32.1. The maximum atomic E-state index is 2.33. The normalized spacial score (nSPS) is 15.8. The maximum absolute atomic E-state index is 2.33. The number of rotatable bonds is 0. The largest absolute Gasteiger partial charge is 0.140 e. The molecule has 0 radical (unpaired) electrons. The van der Waals surface area contributed by atoms with Crippen molar-refractivity contribution >= 4 is 21.4 Å². The summed E-state index contributed by atoms with van der Waals surface area (Å²) in [7, 11) is 0. The highest BCUT2D eigenvalue weighted by Gasteiger charge is 2.15. The number of hydrogen-bond acceptors (Lipinski definition) is 1. The molecule has 1 aromatic carbocycles. The van der Waals surface area contributed by atoms with E-state index >= 15 is 0 Å². The van der Waals surface area contributed by atoms with Gasteiger partial charge in [-0.15, -0.1) is 11.3 Å². The van der Waals surface area contributed by atoms with Crippen molar-refractivity contribution in [1.29, 1.82) is 0 Å². The van der Waals surface area contributed by atoms with Gasteiger partial charge in [-0.1, -0.05) is 12.1 Å². The summed E-state index contributed by atoms with van der Waals surface area (Å²) in [6.45, 7) is 2.18. The van der Waals surface area contributed by atoms with E-state index in [-0.39, 0.29) is 0 Å². The van der Waals surface area contributed by atoms with Gasteiger partial charge >= 0.3 is 0 Å². The maximum Gasteiger partial charge on any atom is 0.0351 e. The molecule has 0 spiro atoms. The van der Waals surface area contributed by atoms with Crippen molar-refractivity contribution in [2.75, 3.05) is 0 Å². The Hall–Kier alpha value is -0.820. The fraction of sp³-hybridized carbons (Fsp3) is 0.385. The first-order valence-electron chi connectivity index (χ1n) is 5.35. The SMILES string of the molecule is Cc1ccc2c3c(sc2c1)CCCC3. The number of fused-ring (bicyclic) bond motifs is 3. The Bertz CT molecular complexity index is 479. The van der Waals surface area contributed by atoms with Gasteiger partial charge in [-0.3, -0.25) is 0 Å². The van der Waals surface area contributed by atoms with Crippen LogP contribution in [0.15, 0.2) is 18.2 Å². The molecular weight excluding hydrogens is 188 g/mol. The van der Waals surface area contributed by atoms with Crippen LogP contribution >= 0.6 is 11.3 Å². The lowest BCUT2D eigenvalue weighted by atomic mass is 9.96. The Morgan fingerprint density at radius 1 is 1.14 bits per heavy atom. The first kappa shape index (κ1) is 8.49.